The summed E-state index contributed by atoms with van der Waals surface area (Å²) in [6.07, 6.45) is 1.34. The minimum absolute atomic E-state index is 0.0566. The summed E-state index contributed by atoms with van der Waals surface area (Å²) in [7, 11) is 1.80. The molecule has 1 saturated heterocycles. The second-order valence-electron chi connectivity index (χ2n) is 5.25. The van der Waals surface area contributed by atoms with E-state index < -0.39 is 0 Å². The summed E-state index contributed by atoms with van der Waals surface area (Å²) >= 11 is 0. The monoisotopic (exact) mass is 275 g/mol. The molecule has 0 aromatic heterocycles. The number of hydrogen-bond donors (Lipinski definition) is 2. The number of rotatable bonds is 4. The highest BCUT2D eigenvalue weighted by molar-refractivity contribution is 5.92. The Balaban J connectivity index is 1.78. The maximum absolute atomic E-state index is 11.9. The predicted molar refractivity (Wildman–Crippen MR) is 78.5 cm³/mol. The number of piperidine rings is 1. The fourth-order valence-corrected chi connectivity index (χ4v) is 2.32. The average molecular weight is 275 g/mol. The van der Waals surface area contributed by atoms with Crippen LogP contribution in [0.5, 0.6) is 0 Å². The molecule has 5 nitrogen and oxygen atoms in total. The molecule has 1 aliphatic rings. The van der Waals surface area contributed by atoms with E-state index in [1.54, 1.807) is 11.9 Å². The second kappa shape index (κ2) is 6.52. The van der Waals surface area contributed by atoms with Gasteiger partial charge in [-0.05, 0) is 25.0 Å². The Morgan fingerprint density at radius 3 is 2.85 bits per heavy atom. The van der Waals surface area contributed by atoms with E-state index in [-0.39, 0.29) is 24.4 Å². The lowest BCUT2D eigenvalue weighted by Crippen LogP contribution is -2.48. The van der Waals surface area contributed by atoms with Crippen LogP contribution < -0.4 is 10.6 Å². The van der Waals surface area contributed by atoms with Crippen molar-refractivity contribution < 1.29 is 9.59 Å². The van der Waals surface area contributed by atoms with E-state index in [0.29, 0.717) is 13.0 Å². The molecule has 1 atom stereocenters. The summed E-state index contributed by atoms with van der Waals surface area (Å²) in [6.45, 7) is 2.89. The van der Waals surface area contributed by atoms with Gasteiger partial charge in [0.05, 0.1) is 6.54 Å². The van der Waals surface area contributed by atoms with Crippen molar-refractivity contribution >= 4 is 17.5 Å². The molecule has 0 radical (unpaired) electrons. The first-order valence-corrected chi connectivity index (χ1v) is 6.89. The maximum atomic E-state index is 11.9. The predicted octanol–water partition coefficient (Wildman–Crippen LogP) is 1.14. The first-order chi connectivity index (χ1) is 9.56. The zero-order chi connectivity index (χ0) is 14.5. The summed E-state index contributed by atoms with van der Waals surface area (Å²) in [5, 5.41) is 6.09. The van der Waals surface area contributed by atoms with Crippen LogP contribution >= 0.6 is 0 Å². The largest absolute Gasteiger partial charge is 0.344 e. The molecule has 108 valence electrons. The van der Waals surface area contributed by atoms with Crippen molar-refractivity contribution in [3.63, 3.8) is 0 Å². The second-order valence-corrected chi connectivity index (χ2v) is 5.25. The van der Waals surface area contributed by atoms with E-state index in [1.165, 1.54) is 0 Å². The van der Waals surface area contributed by atoms with Crippen LogP contribution in [-0.4, -0.2) is 42.9 Å². The Morgan fingerprint density at radius 1 is 1.40 bits per heavy atom. The molecule has 5 heteroatoms. The number of likely N-dealkylation sites (tertiary alicyclic amines) is 1. The Hall–Kier alpha value is -1.88. The molecular formula is C15H21N3O2. The third kappa shape index (κ3) is 3.81. The lowest BCUT2D eigenvalue weighted by atomic mass is 10.1. The minimum atomic E-state index is -0.0566. The van der Waals surface area contributed by atoms with Crippen LogP contribution in [0.2, 0.25) is 0 Å². The van der Waals surface area contributed by atoms with E-state index in [9.17, 15) is 9.59 Å². The van der Waals surface area contributed by atoms with Crippen molar-refractivity contribution in [2.24, 2.45) is 0 Å². The minimum Gasteiger partial charge on any atom is -0.344 e. The van der Waals surface area contributed by atoms with Gasteiger partial charge in [-0.1, -0.05) is 18.2 Å². The van der Waals surface area contributed by atoms with Gasteiger partial charge in [0.1, 0.15) is 0 Å². The van der Waals surface area contributed by atoms with E-state index in [4.69, 9.17) is 0 Å². The molecule has 1 fully saturated rings. The van der Waals surface area contributed by atoms with Gasteiger partial charge in [-0.15, -0.1) is 0 Å². The molecular weight excluding hydrogens is 254 g/mol. The molecule has 0 bridgehead atoms. The zero-order valence-electron chi connectivity index (χ0n) is 12.0. The number of benzene rings is 1. The first-order valence-electron chi connectivity index (χ1n) is 6.89. The highest BCUT2D eigenvalue weighted by atomic mass is 16.2. The number of carbonyl (C=O) groups excluding carboxylic acids is 2. The standard InChI is InChI=1S/C15H21N3O2/c1-11-5-3-4-6-13(11)17-14(19)9-16-12-7-8-15(20)18(2)10-12/h3-6,12,16H,7-10H2,1-2H3,(H,17,19). The molecule has 0 saturated carbocycles. The lowest BCUT2D eigenvalue weighted by Gasteiger charge is -2.30. The average Bonchev–Trinajstić information content (AvgIpc) is 2.43. The van der Waals surface area contributed by atoms with Gasteiger partial charge in [0.2, 0.25) is 11.8 Å². The Kier molecular flexibility index (Phi) is 4.74. The molecule has 1 heterocycles. The van der Waals surface area contributed by atoms with E-state index in [0.717, 1.165) is 17.7 Å². The molecule has 20 heavy (non-hydrogen) atoms. The Morgan fingerprint density at radius 2 is 2.15 bits per heavy atom. The van der Waals surface area contributed by atoms with Gasteiger partial charge in [0.25, 0.3) is 0 Å². The Bertz CT molecular complexity index is 502. The van der Waals surface area contributed by atoms with Gasteiger partial charge < -0.3 is 15.5 Å². The number of amides is 2. The molecule has 1 aliphatic heterocycles. The third-order valence-electron chi connectivity index (χ3n) is 3.60. The van der Waals surface area contributed by atoms with Crippen molar-refractivity contribution in [2.75, 3.05) is 25.5 Å². The van der Waals surface area contributed by atoms with Crippen molar-refractivity contribution in [3.8, 4) is 0 Å². The lowest BCUT2D eigenvalue weighted by molar-refractivity contribution is -0.132. The van der Waals surface area contributed by atoms with Crippen LogP contribution in [0.15, 0.2) is 24.3 Å². The highest BCUT2D eigenvalue weighted by Crippen LogP contribution is 2.13. The number of hydrogen-bond acceptors (Lipinski definition) is 3. The molecule has 1 unspecified atom stereocenters. The van der Waals surface area contributed by atoms with Crippen molar-refractivity contribution in [3.05, 3.63) is 29.8 Å². The number of nitrogens with one attached hydrogen (secondary N) is 2. The fraction of sp³-hybridized carbons (Fsp3) is 0.467. The van der Waals surface area contributed by atoms with Gasteiger partial charge in [-0.2, -0.15) is 0 Å². The normalized spacial score (nSPS) is 19.0. The maximum Gasteiger partial charge on any atom is 0.238 e. The molecule has 1 aromatic rings. The van der Waals surface area contributed by atoms with E-state index in [1.807, 2.05) is 31.2 Å². The number of nitrogens with zero attached hydrogens (tertiary/aromatic N) is 1. The smallest absolute Gasteiger partial charge is 0.238 e. The van der Waals surface area contributed by atoms with E-state index in [2.05, 4.69) is 10.6 Å². The third-order valence-corrected chi connectivity index (χ3v) is 3.60. The quantitative estimate of drug-likeness (QED) is 0.866. The first kappa shape index (κ1) is 14.5. The van der Waals surface area contributed by atoms with Crippen molar-refractivity contribution in [2.45, 2.75) is 25.8 Å². The highest BCUT2D eigenvalue weighted by Gasteiger charge is 2.22. The van der Waals surface area contributed by atoms with Crippen LogP contribution in [0.25, 0.3) is 0 Å². The number of carbonyl (C=O) groups is 2. The summed E-state index contributed by atoms with van der Waals surface area (Å²) in [5.41, 5.74) is 1.89. The zero-order valence-corrected chi connectivity index (χ0v) is 12.0. The topological polar surface area (TPSA) is 61.4 Å². The molecule has 2 amide bonds. The van der Waals surface area contributed by atoms with Gasteiger partial charge in [-0.25, -0.2) is 0 Å². The van der Waals surface area contributed by atoms with Gasteiger partial charge in [0, 0.05) is 31.7 Å². The summed E-state index contributed by atoms with van der Waals surface area (Å²) in [4.78, 5) is 25.0. The molecule has 2 rings (SSSR count). The SMILES string of the molecule is Cc1ccccc1NC(=O)CNC1CCC(=O)N(C)C1. The van der Waals surface area contributed by atoms with E-state index >= 15 is 0 Å². The molecule has 0 spiro atoms. The van der Waals surface area contributed by atoms with Crippen molar-refractivity contribution in [1.82, 2.24) is 10.2 Å². The van der Waals surface area contributed by atoms with Crippen molar-refractivity contribution in [1.29, 1.82) is 0 Å². The number of anilines is 1. The molecule has 2 N–H and O–H groups in total. The van der Waals surface area contributed by atoms with Crippen LogP contribution in [0.3, 0.4) is 0 Å². The summed E-state index contributed by atoms with van der Waals surface area (Å²) in [6, 6.07) is 7.89. The number of aryl methyl sites for hydroxylation is 1. The van der Waals surface area contributed by atoms with Crippen LogP contribution in [-0.2, 0) is 9.59 Å². The summed E-state index contributed by atoms with van der Waals surface area (Å²) < 4.78 is 0. The Labute approximate surface area is 119 Å². The fourth-order valence-electron chi connectivity index (χ4n) is 2.32. The number of para-hydroxylation sites is 1. The molecule has 0 aliphatic carbocycles. The van der Waals surface area contributed by atoms with Gasteiger partial charge in [-0.3, -0.25) is 9.59 Å². The van der Waals surface area contributed by atoms with Gasteiger partial charge in [0.15, 0.2) is 0 Å². The van der Waals surface area contributed by atoms with Crippen LogP contribution in [0, 0.1) is 6.92 Å². The molecule has 1 aromatic carbocycles. The summed E-state index contributed by atoms with van der Waals surface area (Å²) in [5.74, 6) is 0.117. The van der Waals surface area contributed by atoms with Crippen LogP contribution in [0.4, 0.5) is 5.69 Å². The van der Waals surface area contributed by atoms with Crippen LogP contribution in [0.1, 0.15) is 18.4 Å². The van der Waals surface area contributed by atoms with Gasteiger partial charge >= 0.3 is 0 Å². The number of likely N-dealkylation sites (N-methyl/N-ethyl adjacent to an activating group) is 1.